The molecule has 22 heavy (non-hydrogen) atoms. The van der Waals surface area contributed by atoms with E-state index in [-0.39, 0.29) is 12.7 Å². The first kappa shape index (κ1) is 13.5. The fourth-order valence-electron chi connectivity index (χ4n) is 3.19. The van der Waals surface area contributed by atoms with Gasteiger partial charge in [-0.25, -0.2) is 0 Å². The molecule has 0 saturated carbocycles. The van der Waals surface area contributed by atoms with Crippen LogP contribution in [0.2, 0.25) is 5.02 Å². The summed E-state index contributed by atoms with van der Waals surface area (Å²) in [5, 5.41) is 3.53. The van der Waals surface area contributed by atoms with Crippen molar-refractivity contribution >= 4 is 23.2 Å². The van der Waals surface area contributed by atoms with Gasteiger partial charge >= 0.3 is 0 Å². The first-order valence-electron chi connectivity index (χ1n) is 7.07. The molecule has 2 aliphatic rings. The highest BCUT2D eigenvalue weighted by atomic mass is 35.5. The maximum atomic E-state index is 12.5. The van der Waals surface area contributed by atoms with Crippen molar-refractivity contribution in [2.75, 3.05) is 12.1 Å². The summed E-state index contributed by atoms with van der Waals surface area (Å²) >= 11 is 6.34. The van der Waals surface area contributed by atoms with E-state index >= 15 is 0 Å². The smallest absolute Gasteiger partial charge is 0.235 e. The highest BCUT2D eigenvalue weighted by Crippen LogP contribution is 2.44. The molecule has 1 unspecified atom stereocenters. The highest BCUT2D eigenvalue weighted by molar-refractivity contribution is 6.33. The van der Waals surface area contributed by atoms with E-state index in [4.69, 9.17) is 21.1 Å². The van der Waals surface area contributed by atoms with Crippen molar-refractivity contribution in [2.24, 2.45) is 0 Å². The number of anilines is 1. The summed E-state index contributed by atoms with van der Waals surface area (Å²) in [5.74, 6) is 1.43. The van der Waals surface area contributed by atoms with Gasteiger partial charge in [-0.15, -0.1) is 0 Å². The second-order valence-electron chi connectivity index (χ2n) is 5.81. The summed E-state index contributed by atoms with van der Waals surface area (Å²) in [6.07, 6.45) is 0.548. The number of benzene rings is 2. The Balaban J connectivity index is 1.75. The first-order chi connectivity index (χ1) is 10.6. The molecule has 2 aromatic carbocycles. The van der Waals surface area contributed by atoms with E-state index in [0.717, 1.165) is 28.3 Å². The second kappa shape index (κ2) is 4.65. The SMILES string of the molecule is CC1(Cc2ccc3c(c2)OCO3)C(=O)Nc2cccc(Cl)c21. The molecule has 1 amide bonds. The zero-order chi connectivity index (χ0) is 15.3. The van der Waals surface area contributed by atoms with Crippen LogP contribution in [0.5, 0.6) is 11.5 Å². The van der Waals surface area contributed by atoms with Crippen LogP contribution in [0.4, 0.5) is 5.69 Å². The predicted molar refractivity (Wildman–Crippen MR) is 83.7 cm³/mol. The van der Waals surface area contributed by atoms with Crippen LogP contribution in [-0.4, -0.2) is 12.7 Å². The van der Waals surface area contributed by atoms with Crippen LogP contribution in [-0.2, 0) is 16.6 Å². The van der Waals surface area contributed by atoms with Crippen LogP contribution in [0.3, 0.4) is 0 Å². The third-order valence-corrected chi connectivity index (χ3v) is 4.62. The number of amides is 1. The van der Waals surface area contributed by atoms with Gasteiger partial charge in [0.1, 0.15) is 0 Å². The Morgan fingerprint density at radius 3 is 2.91 bits per heavy atom. The number of ether oxygens (including phenoxy) is 2. The van der Waals surface area contributed by atoms with E-state index in [0.29, 0.717) is 11.4 Å². The zero-order valence-corrected chi connectivity index (χ0v) is 12.7. The van der Waals surface area contributed by atoms with Crippen molar-refractivity contribution in [1.29, 1.82) is 0 Å². The summed E-state index contributed by atoms with van der Waals surface area (Å²) < 4.78 is 10.7. The Morgan fingerprint density at radius 1 is 1.23 bits per heavy atom. The summed E-state index contributed by atoms with van der Waals surface area (Å²) in [6, 6.07) is 11.3. The molecule has 4 rings (SSSR count). The molecule has 0 saturated heterocycles. The fraction of sp³-hybridized carbons (Fsp3) is 0.235. The number of nitrogens with one attached hydrogen (secondary N) is 1. The summed E-state index contributed by atoms with van der Waals surface area (Å²) in [5.41, 5.74) is 1.97. The lowest BCUT2D eigenvalue weighted by Gasteiger charge is -2.23. The van der Waals surface area contributed by atoms with Gasteiger partial charge < -0.3 is 14.8 Å². The molecule has 0 aliphatic carbocycles. The first-order valence-corrected chi connectivity index (χ1v) is 7.45. The molecule has 1 atom stereocenters. The van der Waals surface area contributed by atoms with Crippen LogP contribution in [0.25, 0.3) is 0 Å². The molecular weight excluding hydrogens is 302 g/mol. The summed E-state index contributed by atoms with van der Waals surface area (Å²) in [7, 11) is 0. The lowest BCUT2D eigenvalue weighted by Crippen LogP contribution is -2.33. The second-order valence-corrected chi connectivity index (χ2v) is 6.22. The van der Waals surface area contributed by atoms with E-state index in [9.17, 15) is 4.79 Å². The van der Waals surface area contributed by atoms with Crippen LogP contribution < -0.4 is 14.8 Å². The number of hydrogen-bond donors (Lipinski definition) is 1. The molecule has 0 fully saturated rings. The van der Waals surface area contributed by atoms with Gasteiger partial charge in [-0.05, 0) is 43.2 Å². The third-order valence-electron chi connectivity index (χ3n) is 4.31. The van der Waals surface area contributed by atoms with E-state index in [1.54, 1.807) is 0 Å². The predicted octanol–water partition coefficient (Wildman–Crippen LogP) is 3.52. The van der Waals surface area contributed by atoms with Crippen molar-refractivity contribution in [1.82, 2.24) is 0 Å². The van der Waals surface area contributed by atoms with Crippen molar-refractivity contribution in [3.05, 3.63) is 52.5 Å². The van der Waals surface area contributed by atoms with Gasteiger partial charge in [0.25, 0.3) is 0 Å². The molecule has 2 aliphatic heterocycles. The third kappa shape index (κ3) is 1.87. The lowest BCUT2D eigenvalue weighted by atomic mass is 9.78. The molecule has 2 aromatic rings. The fourth-order valence-corrected chi connectivity index (χ4v) is 3.57. The summed E-state index contributed by atoms with van der Waals surface area (Å²) in [4.78, 5) is 12.5. The Morgan fingerprint density at radius 2 is 2.05 bits per heavy atom. The van der Waals surface area contributed by atoms with Gasteiger partial charge in [0, 0.05) is 16.3 Å². The molecule has 0 spiro atoms. The minimum atomic E-state index is -0.693. The number of rotatable bonds is 2. The molecule has 5 heteroatoms. The number of hydrogen-bond acceptors (Lipinski definition) is 3. The van der Waals surface area contributed by atoms with Crippen LogP contribution in [0, 0.1) is 0 Å². The highest BCUT2D eigenvalue weighted by Gasteiger charge is 2.44. The summed E-state index contributed by atoms with van der Waals surface area (Å²) in [6.45, 7) is 2.16. The molecule has 2 heterocycles. The zero-order valence-electron chi connectivity index (χ0n) is 12.0. The van der Waals surface area contributed by atoms with E-state index < -0.39 is 5.41 Å². The van der Waals surface area contributed by atoms with Crippen molar-refractivity contribution < 1.29 is 14.3 Å². The van der Waals surface area contributed by atoms with E-state index in [1.165, 1.54) is 0 Å². The normalized spacial score (nSPS) is 21.6. The average molecular weight is 316 g/mol. The maximum absolute atomic E-state index is 12.5. The van der Waals surface area contributed by atoms with Gasteiger partial charge in [0.2, 0.25) is 12.7 Å². The maximum Gasteiger partial charge on any atom is 0.235 e. The van der Waals surface area contributed by atoms with Gasteiger partial charge in [-0.3, -0.25) is 4.79 Å². The standard InChI is InChI=1S/C17H14ClNO3/c1-17(8-10-5-6-13-14(7-10)22-9-21-13)15-11(18)3-2-4-12(15)19-16(17)20/h2-7H,8-9H2,1H3,(H,19,20). The number of halogens is 1. The minimum Gasteiger partial charge on any atom is -0.454 e. The molecule has 0 bridgehead atoms. The lowest BCUT2D eigenvalue weighted by molar-refractivity contribution is -0.120. The van der Waals surface area contributed by atoms with E-state index in [2.05, 4.69) is 5.32 Å². The monoisotopic (exact) mass is 315 g/mol. The Kier molecular flexibility index (Phi) is 2.84. The van der Waals surface area contributed by atoms with Gasteiger partial charge in [-0.1, -0.05) is 23.7 Å². The molecule has 4 nitrogen and oxygen atoms in total. The Labute approximate surface area is 133 Å². The molecular formula is C17H14ClNO3. The van der Waals surface area contributed by atoms with Gasteiger partial charge in [0.15, 0.2) is 11.5 Å². The van der Waals surface area contributed by atoms with Crippen LogP contribution >= 0.6 is 11.6 Å². The Hall–Kier alpha value is -2.20. The van der Waals surface area contributed by atoms with Crippen molar-refractivity contribution in [3.63, 3.8) is 0 Å². The van der Waals surface area contributed by atoms with Crippen LogP contribution in [0.1, 0.15) is 18.1 Å². The number of fused-ring (bicyclic) bond motifs is 2. The average Bonchev–Trinajstić information content (AvgIpc) is 3.03. The minimum absolute atomic E-state index is 0.0340. The Bertz CT molecular complexity index is 789. The number of carbonyl (C=O) groups excluding carboxylic acids is 1. The molecule has 112 valence electrons. The van der Waals surface area contributed by atoms with Crippen molar-refractivity contribution in [3.8, 4) is 11.5 Å². The van der Waals surface area contributed by atoms with Crippen LogP contribution in [0.15, 0.2) is 36.4 Å². The molecule has 0 radical (unpaired) electrons. The molecule has 0 aromatic heterocycles. The van der Waals surface area contributed by atoms with Crippen molar-refractivity contribution in [2.45, 2.75) is 18.8 Å². The van der Waals surface area contributed by atoms with E-state index in [1.807, 2.05) is 43.3 Å². The topological polar surface area (TPSA) is 47.6 Å². The van der Waals surface area contributed by atoms with Gasteiger partial charge in [0.05, 0.1) is 5.41 Å². The quantitative estimate of drug-likeness (QED) is 0.922. The number of carbonyl (C=O) groups is 1. The molecule has 1 N–H and O–H groups in total. The van der Waals surface area contributed by atoms with Gasteiger partial charge in [-0.2, -0.15) is 0 Å². The largest absolute Gasteiger partial charge is 0.454 e.